The van der Waals surface area contributed by atoms with Crippen LogP contribution in [0.15, 0.2) is 18.2 Å². The molecule has 2 aliphatic rings. The van der Waals surface area contributed by atoms with Gasteiger partial charge in [-0.1, -0.05) is 13.0 Å². The first-order chi connectivity index (χ1) is 11.1. The van der Waals surface area contributed by atoms with Crippen LogP contribution < -0.4 is 4.74 Å². The molecule has 1 fully saturated rings. The molecule has 4 nitrogen and oxygen atoms in total. The fourth-order valence-electron chi connectivity index (χ4n) is 3.42. The van der Waals surface area contributed by atoms with Crippen LogP contribution in [-0.4, -0.2) is 55.5 Å². The Labute approximate surface area is 139 Å². The number of amides is 1. The minimum atomic E-state index is 0.110. The van der Waals surface area contributed by atoms with Crippen molar-refractivity contribution in [3.05, 3.63) is 29.3 Å². The van der Waals surface area contributed by atoms with Gasteiger partial charge >= 0.3 is 0 Å². The summed E-state index contributed by atoms with van der Waals surface area (Å²) in [6.45, 7) is 7.42. The van der Waals surface area contributed by atoms with E-state index < -0.39 is 0 Å². The number of ether oxygens (including phenoxy) is 1. The second-order valence-electron chi connectivity index (χ2n) is 7.02. The molecule has 0 spiro atoms. The predicted molar refractivity (Wildman–Crippen MR) is 92.1 cm³/mol. The van der Waals surface area contributed by atoms with Crippen molar-refractivity contribution in [1.82, 2.24) is 9.80 Å². The summed E-state index contributed by atoms with van der Waals surface area (Å²) in [7, 11) is 1.86. The summed E-state index contributed by atoms with van der Waals surface area (Å²) >= 11 is 0. The monoisotopic (exact) mass is 316 g/mol. The van der Waals surface area contributed by atoms with Crippen LogP contribution in [0.25, 0.3) is 0 Å². The lowest BCUT2D eigenvalue weighted by Gasteiger charge is -2.30. The van der Waals surface area contributed by atoms with Crippen molar-refractivity contribution in [3.8, 4) is 5.75 Å². The Morgan fingerprint density at radius 1 is 1.22 bits per heavy atom. The Morgan fingerprint density at radius 3 is 2.78 bits per heavy atom. The Bertz CT molecular complexity index is 550. The molecule has 1 aromatic carbocycles. The molecule has 3 rings (SSSR count). The number of piperidine rings is 1. The number of carbonyl (C=O) groups is 1. The summed E-state index contributed by atoms with van der Waals surface area (Å²) in [6, 6.07) is 5.96. The highest BCUT2D eigenvalue weighted by Gasteiger charge is 2.21. The molecule has 1 amide bonds. The fraction of sp³-hybridized carbons (Fsp3) is 0.632. The Balaban J connectivity index is 1.47. The van der Waals surface area contributed by atoms with E-state index in [0.717, 1.165) is 55.3 Å². The van der Waals surface area contributed by atoms with Gasteiger partial charge in [0, 0.05) is 25.7 Å². The molecule has 0 atom stereocenters. The summed E-state index contributed by atoms with van der Waals surface area (Å²) in [5, 5.41) is 0. The zero-order valence-electron chi connectivity index (χ0n) is 14.4. The third kappa shape index (κ3) is 4.05. The molecule has 0 saturated carbocycles. The molecule has 23 heavy (non-hydrogen) atoms. The van der Waals surface area contributed by atoms with E-state index in [1.807, 2.05) is 25.2 Å². The number of hydrogen-bond donors (Lipinski definition) is 0. The molecule has 126 valence electrons. The zero-order valence-corrected chi connectivity index (χ0v) is 14.4. The number of fused-ring (bicyclic) bond motifs is 1. The smallest absolute Gasteiger partial charge is 0.254 e. The van der Waals surface area contributed by atoms with Crippen molar-refractivity contribution >= 4 is 5.91 Å². The topological polar surface area (TPSA) is 32.8 Å². The van der Waals surface area contributed by atoms with Crippen LogP contribution in [0, 0.1) is 5.92 Å². The van der Waals surface area contributed by atoms with E-state index >= 15 is 0 Å². The summed E-state index contributed by atoms with van der Waals surface area (Å²) in [5.41, 5.74) is 1.95. The molecule has 0 radical (unpaired) electrons. The van der Waals surface area contributed by atoms with Crippen molar-refractivity contribution in [3.63, 3.8) is 0 Å². The molecule has 2 heterocycles. The van der Waals surface area contributed by atoms with Gasteiger partial charge in [-0.3, -0.25) is 4.79 Å². The molecule has 0 N–H and O–H groups in total. The van der Waals surface area contributed by atoms with E-state index in [0.29, 0.717) is 0 Å². The molecule has 1 saturated heterocycles. The number of hydrogen-bond acceptors (Lipinski definition) is 3. The SMILES string of the molecule is CC1CCN(CCCOc2ccc3c(c2)C(=O)N(C)CC3)CC1. The molecular formula is C19H28N2O2. The minimum absolute atomic E-state index is 0.110. The van der Waals surface area contributed by atoms with Gasteiger partial charge in [-0.2, -0.15) is 0 Å². The van der Waals surface area contributed by atoms with Gasteiger partial charge in [0.25, 0.3) is 5.91 Å². The van der Waals surface area contributed by atoms with E-state index in [1.54, 1.807) is 4.90 Å². The van der Waals surface area contributed by atoms with Crippen LogP contribution >= 0.6 is 0 Å². The second kappa shape index (κ2) is 7.35. The highest BCUT2D eigenvalue weighted by Crippen LogP contribution is 2.23. The zero-order chi connectivity index (χ0) is 16.2. The first-order valence-electron chi connectivity index (χ1n) is 8.87. The van der Waals surface area contributed by atoms with Gasteiger partial charge in [0.05, 0.1) is 6.61 Å². The van der Waals surface area contributed by atoms with E-state index in [2.05, 4.69) is 11.8 Å². The van der Waals surface area contributed by atoms with Gasteiger partial charge in [0.1, 0.15) is 5.75 Å². The van der Waals surface area contributed by atoms with Gasteiger partial charge in [0.2, 0.25) is 0 Å². The quantitative estimate of drug-likeness (QED) is 0.783. The van der Waals surface area contributed by atoms with Crippen molar-refractivity contribution in [1.29, 1.82) is 0 Å². The molecule has 1 aromatic rings. The first kappa shape index (κ1) is 16.3. The molecular weight excluding hydrogens is 288 g/mol. The summed E-state index contributed by atoms with van der Waals surface area (Å²) in [5.74, 6) is 1.81. The third-order valence-corrected chi connectivity index (χ3v) is 5.14. The van der Waals surface area contributed by atoms with Crippen molar-refractivity contribution in [2.75, 3.05) is 39.8 Å². The van der Waals surface area contributed by atoms with E-state index in [9.17, 15) is 4.79 Å². The maximum Gasteiger partial charge on any atom is 0.254 e. The average Bonchev–Trinajstić information content (AvgIpc) is 2.57. The second-order valence-corrected chi connectivity index (χ2v) is 7.02. The van der Waals surface area contributed by atoms with Gasteiger partial charge in [-0.15, -0.1) is 0 Å². The van der Waals surface area contributed by atoms with Crippen LogP contribution in [0.2, 0.25) is 0 Å². The lowest BCUT2D eigenvalue weighted by molar-refractivity contribution is 0.0780. The minimum Gasteiger partial charge on any atom is -0.494 e. The van der Waals surface area contributed by atoms with Gasteiger partial charge in [-0.25, -0.2) is 0 Å². The molecule has 0 aliphatic carbocycles. The Morgan fingerprint density at radius 2 is 2.00 bits per heavy atom. The van der Waals surface area contributed by atoms with Gasteiger partial charge < -0.3 is 14.5 Å². The summed E-state index contributed by atoms with van der Waals surface area (Å²) in [4.78, 5) is 16.5. The Kier molecular flexibility index (Phi) is 5.21. The van der Waals surface area contributed by atoms with Gasteiger partial charge in [0.15, 0.2) is 0 Å². The average molecular weight is 316 g/mol. The lowest BCUT2D eigenvalue weighted by atomic mass is 9.99. The summed E-state index contributed by atoms with van der Waals surface area (Å²) < 4.78 is 5.87. The molecule has 0 aromatic heterocycles. The maximum atomic E-state index is 12.2. The molecule has 2 aliphatic heterocycles. The van der Waals surface area contributed by atoms with Crippen molar-refractivity contribution < 1.29 is 9.53 Å². The number of likely N-dealkylation sites (tertiary alicyclic amines) is 1. The van der Waals surface area contributed by atoms with Crippen LogP contribution in [0.5, 0.6) is 5.75 Å². The lowest BCUT2D eigenvalue weighted by Crippen LogP contribution is -2.34. The molecule has 4 heteroatoms. The number of carbonyl (C=O) groups excluding carboxylic acids is 1. The number of rotatable bonds is 5. The summed E-state index contributed by atoms with van der Waals surface area (Å²) in [6.07, 6.45) is 4.62. The largest absolute Gasteiger partial charge is 0.494 e. The number of nitrogens with zero attached hydrogens (tertiary/aromatic N) is 2. The molecule has 0 bridgehead atoms. The van der Waals surface area contributed by atoms with Crippen molar-refractivity contribution in [2.24, 2.45) is 5.92 Å². The normalized spacial score (nSPS) is 19.7. The first-order valence-corrected chi connectivity index (χ1v) is 8.87. The van der Waals surface area contributed by atoms with E-state index in [4.69, 9.17) is 4.74 Å². The van der Waals surface area contributed by atoms with Crippen molar-refractivity contribution in [2.45, 2.75) is 32.6 Å². The predicted octanol–water partition coefficient (Wildman–Crippen LogP) is 2.82. The fourth-order valence-corrected chi connectivity index (χ4v) is 3.42. The van der Waals surface area contributed by atoms with E-state index in [-0.39, 0.29) is 5.91 Å². The van der Waals surface area contributed by atoms with Crippen LogP contribution in [0.3, 0.4) is 0 Å². The number of likely N-dealkylation sites (N-methyl/N-ethyl adjacent to an activating group) is 1. The van der Waals surface area contributed by atoms with E-state index in [1.165, 1.54) is 25.9 Å². The standard InChI is InChI=1S/C19H28N2O2/c1-15-6-11-21(12-7-15)9-3-13-23-17-5-4-16-8-10-20(2)19(22)18(16)14-17/h4-5,14-15H,3,6-13H2,1-2H3. The highest BCUT2D eigenvalue weighted by atomic mass is 16.5. The van der Waals surface area contributed by atoms with Crippen LogP contribution in [-0.2, 0) is 6.42 Å². The Hall–Kier alpha value is -1.55. The van der Waals surface area contributed by atoms with Crippen LogP contribution in [0.4, 0.5) is 0 Å². The third-order valence-electron chi connectivity index (χ3n) is 5.14. The molecule has 0 unspecified atom stereocenters. The maximum absolute atomic E-state index is 12.2. The highest BCUT2D eigenvalue weighted by molar-refractivity contribution is 5.97. The number of benzene rings is 1. The van der Waals surface area contributed by atoms with Crippen LogP contribution in [0.1, 0.15) is 42.1 Å². The van der Waals surface area contributed by atoms with Gasteiger partial charge in [-0.05, 0) is 62.4 Å².